The minimum atomic E-state index is -0.360. The summed E-state index contributed by atoms with van der Waals surface area (Å²) in [4.78, 5) is 17.4. The molecule has 2 aromatic rings. The number of rotatable bonds is 3. The number of aryl methyl sites for hydroxylation is 1. The van der Waals surface area contributed by atoms with Gasteiger partial charge in [-0.1, -0.05) is 35.9 Å². The average molecular weight is 394 g/mol. The number of carbonyl (C=O) groups is 1. The summed E-state index contributed by atoms with van der Waals surface area (Å²) in [6.07, 6.45) is 2.03. The van der Waals surface area contributed by atoms with Crippen LogP contribution < -0.4 is 10.2 Å². The first-order chi connectivity index (χ1) is 13.9. The van der Waals surface area contributed by atoms with E-state index in [0.717, 1.165) is 38.2 Å². The Hall–Kier alpha value is -2.66. The summed E-state index contributed by atoms with van der Waals surface area (Å²) in [6, 6.07) is 12.2. The highest BCUT2D eigenvalue weighted by atomic mass is 19.1. The zero-order valence-electron chi connectivity index (χ0n) is 17.2. The maximum Gasteiger partial charge on any atom is 0.326 e. The van der Waals surface area contributed by atoms with Crippen molar-refractivity contribution in [2.24, 2.45) is 0 Å². The molecule has 0 bridgehead atoms. The number of piperidine rings is 1. The molecule has 0 aliphatic carbocycles. The summed E-state index contributed by atoms with van der Waals surface area (Å²) in [5.41, 5.74) is 5.08. The van der Waals surface area contributed by atoms with E-state index in [2.05, 4.69) is 42.8 Å². The molecule has 1 saturated heterocycles. The Morgan fingerprint density at radius 3 is 2.66 bits per heavy atom. The lowest BCUT2D eigenvalue weighted by Gasteiger charge is -2.40. The topological polar surface area (TPSA) is 35.6 Å². The van der Waals surface area contributed by atoms with Crippen LogP contribution in [0.15, 0.2) is 54.6 Å². The highest BCUT2D eigenvalue weighted by molar-refractivity contribution is 6.03. The standard InChI is InChI=1S/C24H28FN3O/c1-17(2)15-27-11-9-24(10-12-27)16-28(22-8-7-18(3)13-21(22)24)23(29)26-20-6-4-5-19(25)14-20/h4-8,13-14H,1,9-12,15-16H2,2-3H3,(H,26,29). The molecule has 2 amide bonds. The van der Waals surface area contributed by atoms with Crippen LogP contribution in [0.3, 0.4) is 0 Å². The van der Waals surface area contributed by atoms with Crippen molar-refractivity contribution in [2.75, 3.05) is 36.4 Å². The van der Waals surface area contributed by atoms with Crippen LogP contribution in [-0.2, 0) is 5.41 Å². The Morgan fingerprint density at radius 1 is 1.21 bits per heavy atom. The van der Waals surface area contributed by atoms with Gasteiger partial charge in [0.25, 0.3) is 0 Å². The Balaban J connectivity index is 1.58. The Kier molecular flexibility index (Phi) is 5.17. The average Bonchev–Trinajstić information content (AvgIpc) is 2.97. The lowest BCUT2D eigenvalue weighted by molar-refractivity contribution is 0.177. The van der Waals surface area contributed by atoms with Crippen molar-refractivity contribution in [3.8, 4) is 0 Å². The lowest BCUT2D eigenvalue weighted by atomic mass is 9.74. The molecule has 1 N–H and O–H groups in total. The zero-order chi connectivity index (χ0) is 20.6. The second-order valence-corrected chi connectivity index (χ2v) is 8.56. The first-order valence-electron chi connectivity index (χ1n) is 10.2. The Bertz CT molecular complexity index is 947. The Labute approximate surface area is 172 Å². The Morgan fingerprint density at radius 2 is 1.97 bits per heavy atom. The molecular formula is C24H28FN3O. The third-order valence-corrected chi connectivity index (χ3v) is 6.10. The van der Waals surface area contributed by atoms with Gasteiger partial charge >= 0.3 is 6.03 Å². The molecule has 0 saturated carbocycles. The first-order valence-corrected chi connectivity index (χ1v) is 10.2. The highest BCUT2D eigenvalue weighted by Gasteiger charge is 2.46. The van der Waals surface area contributed by atoms with Gasteiger partial charge in [0.15, 0.2) is 0 Å². The molecule has 2 aromatic carbocycles. The fourth-order valence-corrected chi connectivity index (χ4v) is 4.67. The summed E-state index contributed by atoms with van der Waals surface area (Å²) in [5.74, 6) is -0.360. The van der Waals surface area contributed by atoms with E-state index in [9.17, 15) is 9.18 Å². The quantitative estimate of drug-likeness (QED) is 0.737. The molecule has 4 nitrogen and oxygen atoms in total. The van der Waals surface area contributed by atoms with E-state index in [1.54, 1.807) is 12.1 Å². The van der Waals surface area contributed by atoms with E-state index in [1.165, 1.54) is 28.8 Å². The van der Waals surface area contributed by atoms with E-state index in [4.69, 9.17) is 0 Å². The predicted molar refractivity (Wildman–Crippen MR) is 116 cm³/mol. The van der Waals surface area contributed by atoms with Crippen molar-refractivity contribution in [1.29, 1.82) is 0 Å². The number of nitrogens with zero attached hydrogens (tertiary/aromatic N) is 2. The monoisotopic (exact) mass is 393 g/mol. The summed E-state index contributed by atoms with van der Waals surface area (Å²) < 4.78 is 13.5. The summed E-state index contributed by atoms with van der Waals surface area (Å²) >= 11 is 0. The van der Waals surface area contributed by atoms with E-state index in [-0.39, 0.29) is 17.3 Å². The third-order valence-electron chi connectivity index (χ3n) is 6.10. The van der Waals surface area contributed by atoms with Crippen LogP contribution in [0.4, 0.5) is 20.6 Å². The van der Waals surface area contributed by atoms with Crippen molar-refractivity contribution >= 4 is 17.4 Å². The number of nitrogens with one attached hydrogen (secondary N) is 1. The second kappa shape index (κ2) is 7.64. The first kappa shape index (κ1) is 19.6. The van der Waals surface area contributed by atoms with Crippen molar-refractivity contribution in [1.82, 2.24) is 4.90 Å². The summed E-state index contributed by atoms with van der Waals surface area (Å²) in [6.45, 7) is 11.8. The fourth-order valence-electron chi connectivity index (χ4n) is 4.67. The van der Waals surface area contributed by atoms with Gasteiger partial charge in [-0.15, -0.1) is 0 Å². The van der Waals surface area contributed by atoms with Crippen LogP contribution in [0.2, 0.25) is 0 Å². The molecule has 1 fully saturated rings. The van der Waals surface area contributed by atoms with Gasteiger partial charge in [0, 0.05) is 29.9 Å². The molecule has 2 aliphatic heterocycles. The third kappa shape index (κ3) is 3.92. The van der Waals surface area contributed by atoms with Crippen LogP contribution in [0.25, 0.3) is 0 Å². The predicted octanol–water partition coefficient (Wildman–Crippen LogP) is 5.10. The maximum absolute atomic E-state index is 13.5. The summed E-state index contributed by atoms with van der Waals surface area (Å²) in [7, 11) is 0. The van der Waals surface area contributed by atoms with Crippen molar-refractivity contribution in [3.63, 3.8) is 0 Å². The molecule has 4 rings (SSSR count). The van der Waals surface area contributed by atoms with Crippen molar-refractivity contribution in [3.05, 3.63) is 71.6 Å². The minimum absolute atomic E-state index is 0.0216. The number of carbonyl (C=O) groups excluding carboxylic acids is 1. The van der Waals surface area contributed by atoms with E-state index >= 15 is 0 Å². The van der Waals surface area contributed by atoms with Crippen molar-refractivity contribution in [2.45, 2.75) is 32.1 Å². The molecule has 1 spiro atoms. The van der Waals surface area contributed by atoms with Crippen LogP contribution in [0.5, 0.6) is 0 Å². The smallest absolute Gasteiger partial charge is 0.307 e. The number of benzene rings is 2. The largest absolute Gasteiger partial charge is 0.326 e. The SMILES string of the molecule is C=C(C)CN1CCC2(CC1)CN(C(=O)Nc1cccc(F)c1)c1ccc(C)cc12. The summed E-state index contributed by atoms with van der Waals surface area (Å²) in [5, 5.41) is 2.86. The molecule has 2 heterocycles. The molecule has 0 unspecified atom stereocenters. The fraction of sp³-hybridized carbons (Fsp3) is 0.375. The normalized spacial score (nSPS) is 18.0. The van der Waals surface area contributed by atoms with E-state index in [1.807, 2.05) is 11.0 Å². The van der Waals surface area contributed by atoms with Gasteiger partial charge in [0.05, 0.1) is 0 Å². The van der Waals surface area contributed by atoms with Crippen LogP contribution >= 0.6 is 0 Å². The van der Waals surface area contributed by atoms with E-state index < -0.39 is 0 Å². The lowest BCUT2D eigenvalue weighted by Crippen LogP contribution is -2.47. The number of hydrogen-bond donors (Lipinski definition) is 1. The van der Waals surface area contributed by atoms with E-state index in [0.29, 0.717) is 12.2 Å². The van der Waals surface area contributed by atoms with Crippen LogP contribution in [0.1, 0.15) is 30.9 Å². The van der Waals surface area contributed by atoms with Gasteiger partial charge in [-0.3, -0.25) is 9.80 Å². The minimum Gasteiger partial charge on any atom is -0.307 e. The van der Waals surface area contributed by atoms with Gasteiger partial charge in [-0.25, -0.2) is 9.18 Å². The molecule has 0 radical (unpaired) electrons. The second-order valence-electron chi connectivity index (χ2n) is 8.56. The van der Waals surface area contributed by atoms with Crippen LogP contribution in [-0.4, -0.2) is 37.1 Å². The zero-order valence-corrected chi connectivity index (χ0v) is 17.2. The number of amides is 2. The number of fused-ring (bicyclic) bond motifs is 2. The molecule has 29 heavy (non-hydrogen) atoms. The number of urea groups is 1. The number of hydrogen-bond acceptors (Lipinski definition) is 2. The molecule has 5 heteroatoms. The molecule has 0 atom stereocenters. The van der Waals surface area contributed by atoms with Crippen molar-refractivity contribution < 1.29 is 9.18 Å². The van der Waals surface area contributed by atoms with Gasteiger partial charge in [0.1, 0.15) is 5.82 Å². The van der Waals surface area contributed by atoms with Gasteiger partial charge in [-0.2, -0.15) is 0 Å². The number of anilines is 2. The van der Waals surface area contributed by atoms with Gasteiger partial charge < -0.3 is 5.32 Å². The number of halogens is 1. The van der Waals surface area contributed by atoms with Gasteiger partial charge in [-0.05, 0) is 69.6 Å². The maximum atomic E-state index is 13.5. The molecule has 0 aromatic heterocycles. The number of likely N-dealkylation sites (tertiary alicyclic amines) is 1. The highest BCUT2D eigenvalue weighted by Crippen LogP contribution is 2.47. The molecule has 152 valence electrons. The van der Waals surface area contributed by atoms with Gasteiger partial charge in [0.2, 0.25) is 0 Å². The molecule has 2 aliphatic rings. The molecular weight excluding hydrogens is 365 g/mol. The van der Waals surface area contributed by atoms with Crippen LogP contribution in [0, 0.1) is 12.7 Å².